The van der Waals surface area contributed by atoms with E-state index in [1.807, 2.05) is 30.3 Å². The second kappa shape index (κ2) is 9.23. The molecule has 1 N–H and O–H groups in total. The van der Waals surface area contributed by atoms with Gasteiger partial charge in [-0.1, -0.05) is 61.2 Å². The van der Waals surface area contributed by atoms with Crippen molar-refractivity contribution in [2.45, 2.75) is 64.5 Å². The molecule has 1 atom stereocenters. The number of benzene rings is 1. The Labute approximate surface area is 175 Å². The Balaban J connectivity index is 1.83. The van der Waals surface area contributed by atoms with E-state index in [0.717, 1.165) is 48.7 Å². The fourth-order valence-corrected chi connectivity index (χ4v) is 4.37. The minimum atomic E-state index is -1.22. The molecule has 0 saturated heterocycles. The topological polar surface area (TPSA) is 59.2 Å². The van der Waals surface area contributed by atoms with Gasteiger partial charge in [0.05, 0.1) is 20.6 Å². The molecule has 1 fully saturated rings. The van der Waals surface area contributed by atoms with Crippen LogP contribution in [0, 0.1) is 5.92 Å². The van der Waals surface area contributed by atoms with Gasteiger partial charge in [-0.25, -0.2) is 0 Å². The lowest BCUT2D eigenvalue weighted by Gasteiger charge is -2.36. The number of hydrogen-bond donors (Lipinski definition) is 1. The van der Waals surface area contributed by atoms with Gasteiger partial charge in [-0.2, -0.15) is 0 Å². The Hall–Kier alpha value is -1.98. The van der Waals surface area contributed by atoms with Crippen molar-refractivity contribution < 1.29 is 14.0 Å². The van der Waals surface area contributed by atoms with Gasteiger partial charge < -0.3 is 14.0 Å². The Bertz CT molecular complexity index is 803. The standard InChI is InChI=1S/C24H36N3O2/c1-19(2)12-11-17-27(3,4)18-22-25-26-23(29-22)24(28,20-13-7-5-8-14-20)21-15-9-6-10-16-21/h5,7-8,12-14,21,28H,6,9-11,15-18H2,1-4H3/q+1. The molecule has 3 rings (SSSR count). The average Bonchev–Trinajstić information content (AvgIpc) is 3.16. The number of aliphatic hydroxyl groups is 1. The molecule has 0 spiro atoms. The molecule has 5 nitrogen and oxygen atoms in total. The van der Waals surface area contributed by atoms with Crippen LogP contribution in [0.25, 0.3) is 0 Å². The van der Waals surface area contributed by atoms with Crippen LogP contribution < -0.4 is 0 Å². The monoisotopic (exact) mass is 398 g/mol. The normalized spacial score (nSPS) is 17.7. The van der Waals surface area contributed by atoms with Crippen LogP contribution in [0.3, 0.4) is 0 Å². The van der Waals surface area contributed by atoms with Gasteiger partial charge in [-0.3, -0.25) is 0 Å². The van der Waals surface area contributed by atoms with E-state index in [-0.39, 0.29) is 5.92 Å². The fourth-order valence-electron chi connectivity index (χ4n) is 4.37. The molecule has 158 valence electrons. The van der Waals surface area contributed by atoms with Crippen molar-refractivity contribution in [1.82, 2.24) is 10.2 Å². The second-order valence-electron chi connectivity index (χ2n) is 9.36. The van der Waals surface area contributed by atoms with Crippen molar-refractivity contribution >= 4 is 0 Å². The molecule has 1 unspecified atom stereocenters. The van der Waals surface area contributed by atoms with Crippen molar-refractivity contribution in [3.05, 3.63) is 59.3 Å². The summed E-state index contributed by atoms with van der Waals surface area (Å²) in [6, 6.07) is 9.83. The zero-order valence-electron chi connectivity index (χ0n) is 18.4. The minimum Gasteiger partial charge on any atom is -0.416 e. The zero-order valence-corrected chi connectivity index (χ0v) is 18.4. The quantitative estimate of drug-likeness (QED) is 0.512. The SMILES string of the molecule is CC(C)=CCC[N+](C)(C)Cc1nnc(C(O)(c2ccccc2)C2CCCCC2)o1. The van der Waals surface area contributed by atoms with E-state index in [1.54, 1.807) is 0 Å². The Morgan fingerprint density at radius 3 is 2.48 bits per heavy atom. The lowest BCUT2D eigenvalue weighted by molar-refractivity contribution is -0.904. The summed E-state index contributed by atoms with van der Waals surface area (Å²) in [6.07, 6.45) is 8.74. The first-order chi connectivity index (χ1) is 13.8. The fraction of sp³-hybridized carbons (Fsp3) is 0.583. The molecule has 5 heteroatoms. The summed E-state index contributed by atoms with van der Waals surface area (Å²) in [7, 11) is 4.35. The molecule has 0 aliphatic heterocycles. The van der Waals surface area contributed by atoms with E-state index in [2.05, 4.69) is 44.2 Å². The number of rotatable bonds is 8. The van der Waals surface area contributed by atoms with Crippen LogP contribution in [0.2, 0.25) is 0 Å². The van der Waals surface area contributed by atoms with Crippen molar-refractivity contribution in [2.24, 2.45) is 5.92 Å². The highest BCUT2D eigenvalue weighted by molar-refractivity contribution is 5.29. The molecule has 1 aliphatic carbocycles. The minimum absolute atomic E-state index is 0.104. The van der Waals surface area contributed by atoms with Gasteiger partial charge in [-0.05, 0) is 32.3 Å². The van der Waals surface area contributed by atoms with E-state index < -0.39 is 5.60 Å². The van der Waals surface area contributed by atoms with E-state index in [0.29, 0.717) is 18.3 Å². The highest BCUT2D eigenvalue weighted by Gasteiger charge is 2.45. The predicted octanol–water partition coefficient (Wildman–Crippen LogP) is 4.82. The number of allylic oxidation sites excluding steroid dienone is 1. The summed E-state index contributed by atoms with van der Waals surface area (Å²) in [5.41, 5.74) is 0.969. The number of nitrogens with zero attached hydrogens (tertiary/aromatic N) is 3. The van der Waals surface area contributed by atoms with Crippen LogP contribution in [0.5, 0.6) is 0 Å². The van der Waals surface area contributed by atoms with Gasteiger partial charge in [0, 0.05) is 12.3 Å². The third kappa shape index (κ3) is 5.34. The highest BCUT2D eigenvalue weighted by atomic mass is 16.4. The summed E-state index contributed by atoms with van der Waals surface area (Å²) < 4.78 is 6.88. The second-order valence-corrected chi connectivity index (χ2v) is 9.36. The van der Waals surface area contributed by atoms with Gasteiger partial charge >= 0.3 is 0 Å². The third-order valence-electron chi connectivity index (χ3n) is 6.05. The maximum absolute atomic E-state index is 11.9. The summed E-state index contributed by atoms with van der Waals surface area (Å²) >= 11 is 0. The Morgan fingerprint density at radius 1 is 1.14 bits per heavy atom. The van der Waals surface area contributed by atoms with E-state index in [4.69, 9.17) is 4.42 Å². The maximum Gasteiger partial charge on any atom is 0.271 e. The van der Waals surface area contributed by atoms with E-state index in [1.165, 1.54) is 12.0 Å². The van der Waals surface area contributed by atoms with Crippen LogP contribution in [0.4, 0.5) is 0 Å². The molecule has 1 aromatic heterocycles. The molecule has 1 heterocycles. The molecule has 0 bridgehead atoms. The molecule has 1 aromatic carbocycles. The molecule has 1 saturated carbocycles. The molecule has 29 heavy (non-hydrogen) atoms. The van der Waals surface area contributed by atoms with Crippen molar-refractivity contribution in [3.63, 3.8) is 0 Å². The van der Waals surface area contributed by atoms with E-state index in [9.17, 15) is 5.11 Å². The Morgan fingerprint density at radius 2 is 1.83 bits per heavy atom. The lowest BCUT2D eigenvalue weighted by Crippen LogP contribution is -2.39. The van der Waals surface area contributed by atoms with Crippen LogP contribution >= 0.6 is 0 Å². The maximum atomic E-state index is 11.9. The first kappa shape index (κ1) is 21.7. The van der Waals surface area contributed by atoms with Crippen molar-refractivity contribution in [2.75, 3.05) is 20.6 Å². The van der Waals surface area contributed by atoms with Crippen molar-refractivity contribution in [3.8, 4) is 0 Å². The molecule has 1 aliphatic rings. The predicted molar refractivity (Wildman–Crippen MR) is 115 cm³/mol. The van der Waals surface area contributed by atoms with Gasteiger partial charge in [0.2, 0.25) is 0 Å². The molecule has 0 radical (unpaired) electrons. The first-order valence-electron chi connectivity index (χ1n) is 10.9. The molecular formula is C24H36N3O2+. The average molecular weight is 399 g/mol. The van der Waals surface area contributed by atoms with Crippen LogP contribution in [-0.4, -0.2) is 40.4 Å². The summed E-state index contributed by atoms with van der Waals surface area (Å²) in [5.74, 6) is 1.04. The molecule has 0 amide bonds. The van der Waals surface area contributed by atoms with Gasteiger partial charge in [-0.15, -0.1) is 10.2 Å². The van der Waals surface area contributed by atoms with Gasteiger partial charge in [0.15, 0.2) is 12.1 Å². The first-order valence-corrected chi connectivity index (χ1v) is 10.9. The number of hydrogen-bond acceptors (Lipinski definition) is 4. The summed E-state index contributed by atoms with van der Waals surface area (Å²) in [6.45, 7) is 5.90. The lowest BCUT2D eigenvalue weighted by atomic mass is 9.73. The summed E-state index contributed by atoms with van der Waals surface area (Å²) in [5, 5.41) is 20.6. The van der Waals surface area contributed by atoms with Crippen molar-refractivity contribution in [1.29, 1.82) is 0 Å². The van der Waals surface area contributed by atoms with Crippen LogP contribution in [0.1, 0.15) is 69.7 Å². The van der Waals surface area contributed by atoms with Gasteiger partial charge in [0.1, 0.15) is 0 Å². The van der Waals surface area contributed by atoms with Crippen LogP contribution in [0.15, 0.2) is 46.4 Å². The van der Waals surface area contributed by atoms with Gasteiger partial charge in [0.25, 0.3) is 11.8 Å². The molecular weight excluding hydrogens is 362 g/mol. The largest absolute Gasteiger partial charge is 0.416 e. The zero-order chi connectivity index (χ0) is 20.9. The third-order valence-corrected chi connectivity index (χ3v) is 6.05. The molecule has 2 aromatic rings. The smallest absolute Gasteiger partial charge is 0.271 e. The Kier molecular flexibility index (Phi) is 6.91. The van der Waals surface area contributed by atoms with E-state index >= 15 is 0 Å². The summed E-state index contributed by atoms with van der Waals surface area (Å²) in [4.78, 5) is 0. The highest BCUT2D eigenvalue weighted by Crippen LogP contribution is 2.43. The van der Waals surface area contributed by atoms with Crippen LogP contribution in [-0.2, 0) is 12.1 Å². The number of aromatic nitrogens is 2. The number of quaternary nitrogens is 1.